The number of nitrogens with zero attached hydrogens (tertiary/aromatic N) is 2. The van der Waals surface area contributed by atoms with Crippen molar-refractivity contribution in [1.29, 1.82) is 0 Å². The van der Waals surface area contributed by atoms with Crippen LogP contribution in [0.2, 0.25) is 0 Å². The third-order valence-corrected chi connectivity index (χ3v) is 2.99. The summed E-state index contributed by atoms with van der Waals surface area (Å²) in [5.41, 5.74) is 0. The van der Waals surface area contributed by atoms with Gasteiger partial charge in [0.15, 0.2) is 0 Å². The van der Waals surface area contributed by atoms with Crippen molar-refractivity contribution in [1.82, 2.24) is 10.2 Å². The lowest BCUT2D eigenvalue weighted by Crippen LogP contribution is -1.69. The van der Waals surface area contributed by atoms with E-state index < -0.39 is 0 Å². The second-order valence-electron chi connectivity index (χ2n) is 1.99. The lowest BCUT2D eigenvalue weighted by atomic mass is 10.5. The van der Waals surface area contributed by atoms with Crippen LogP contribution in [0.1, 0.15) is 0 Å². The summed E-state index contributed by atoms with van der Waals surface area (Å²) < 4.78 is 6.15. The Hall–Kier alpha value is -0.330. The third kappa shape index (κ3) is 1.55. The second kappa shape index (κ2) is 3.20. The minimum atomic E-state index is 0.287. The van der Waals surface area contributed by atoms with Gasteiger partial charge in [0.2, 0.25) is 0 Å². The zero-order chi connectivity index (χ0) is 8.55. The average molecular weight is 263 g/mol. The van der Waals surface area contributed by atoms with Gasteiger partial charge in [-0.15, -0.1) is 21.5 Å². The molecule has 0 N–H and O–H groups in total. The van der Waals surface area contributed by atoms with E-state index in [2.05, 4.69) is 38.8 Å². The fraction of sp³-hybridized carbons (Fsp3) is 0. The highest BCUT2D eigenvalue weighted by molar-refractivity contribution is 9.11. The molecule has 3 nitrogen and oxygen atoms in total. The monoisotopic (exact) mass is 262 g/mol. The van der Waals surface area contributed by atoms with Crippen molar-refractivity contribution < 1.29 is 4.42 Å². The topological polar surface area (TPSA) is 38.9 Å². The van der Waals surface area contributed by atoms with Crippen LogP contribution >= 0.6 is 39.9 Å². The van der Waals surface area contributed by atoms with Gasteiger partial charge in [-0.2, -0.15) is 0 Å². The average Bonchev–Trinajstić information content (AvgIpc) is 2.58. The molecule has 0 radical (unpaired) electrons. The molecule has 0 atom stereocenters. The van der Waals surface area contributed by atoms with Gasteiger partial charge < -0.3 is 4.42 Å². The molecule has 0 bridgehead atoms. The molecule has 6 heteroatoms. The first-order valence-corrected chi connectivity index (χ1v) is 5.09. The van der Waals surface area contributed by atoms with Crippen molar-refractivity contribution >= 4 is 39.9 Å². The standard InChI is InChI=1S/C6H3BrN2OS2/c7-4-2-1-3(12-4)5-8-9-6(11)10-5/h1-2H,(H,9,11). The number of hydrogen-bond acceptors (Lipinski definition) is 5. The number of rotatable bonds is 1. The third-order valence-electron chi connectivity index (χ3n) is 1.20. The van der Waals surface area contributed by atoms with E-state index in [0.29, 0.717) is 5.89 Å². The molecular weight excluding hydrogens is 260 g/mol. The largest absolute Gasteiger partial charge is 0.411 e. The number of aromatic nitrogens is 2. The minimum Gasteiger partial charge on any atom is -0.411 e. The lowest BCUT2D eigenvalue weighted by Gasteiger charge is -1.82. The van der Waals surface area contributed by atoms with Gasteiger partial charge in [-0.05, 0) is 28.1 Å². The van der Waals surface area contributed by atoms with Gasteiger partial charge in [-0.25, -0.2) is 0 Å². The molecule has 12 heavy (non-hydrogen) atoms. The molecule has 0 amide bonds. The lowest BCUT2D eigenvalue weighted by molar-refractivity contribution is 0.469. The Labute approximate surface area is 86.4 Å². The first-order valence-electron chi connectivity index (χ1n) is 3.04. The second-order valence-corrected chi connectivity index (χ2v) is 4.84. The van der Waals surface area contributed by atoms with Crippen LogP contribution in [0.3, 0.4) is 0 Å². The molecule has 0 aromatic carbocycles. The molecule has 0 aliphatic rings. The maximum atomic E-state index is 5.11. The Balaban J connectivity index is 2.43. The molecule has 0 aliphatic heterocycles. The van der Waals surface area contributed by atoms with Crippen molar-refractivity contribution in [3.05, 3.63) is 15.9 Å². The maximum Gasteiger partial charge on any atom is 0.273 e. The summed E-state index contributed by atoms with van der Waals surface area (Å²) in [5.74, 6) is 0.510. The van der Waals surface area contributed by atoms with Crippen LogP contribution in [0, 0.1) is 0 Å². The van der Waals surface area contributed by atoms with Gasteiger partial charge in [0.25, 0.3) is 11.1 Å². The maximum absolute atomic E-state index is 5.11. The first-order chi connectivity index (χ1) is 5.75. The van der Waals surface area contributed by atoms with Crippen molar-refractivity contribution in [3.63, 3.8) is 0 Å². The molecule has 0 unspecified atom stereocenters. The smallest absolute Gasteiger partial charge is 0.273 e. The molecule has 2 aromatic heterocycles. The van der Waals surface area contributed by atoms with Crippen molar-refractivity contribution in [2.75, 3.05) is 0 Å². The van der Waals surface area contributed by atoms with E-state index in [-0.39, 0.29) is 5.22 Å². The van der Waals surface area contributed by atoms with E-state index in [0.717, 1.165) is 8.66 Å². The van der Waals surface area contributed by atoms with Crippen molar-refractivity contribution in [2.24, 2.45) is 0 Å². The molecule has 0 aliphatic carbocycles. The first kappa shape index (κ1) is 8.28. The molecule has 2 rings (SSSR count). The normalized spacial score (nSPS) is 10.5. The highest BCUT2D eigenvalue weighted by atomic mass is 79.9. The molecule has 2 aromatic rings. The fourth-order valence-corrected chi connectivity index (χ4v) is 2.18. The quantitative estimate of drug-likeness (QED) is 0.804. The summed E-state index contributed by atoms with van der Waals surface area (Å²) in [6, 6.07) is 3.85. The van der Waals surface area contributed by atoms with E-state index in [4.69, 9.17) is 4.42 Å². The predicted molar refractivity (Wildman–Crippen MR) is 52.6 cm³/mol. The Morgan fingerprint density at radius 3 is 2.75 bits per heavy atom. The zero-order valence-corrected chi connectivity index (χ0v) is 8.99. The molecule has 0 saturated carbocycles. The summed E-state index contributed by atoms with van der Waals surface area (Å²) in [4.78, 5) is 0.940. The summed E-state index contributed by atoms with van der Waals surface area (Å²) in [5, 5.41) is 7.72. The fourth-order valence-electron chi connectivity index (χ4n) is 0.744. The summed E-state index contributed by atoms with van der Waals surface area (Å²) in [6.45, 7) is 0. The van der Waals surface area contributed by atoms with Gasteiger partial charge in [-0.1, -0.05) is 12.6 Å². The van der Waals surface area contributed by atoms with Crippen LogP contribution in [0.15, 0.2) is 25.6 Å². The van der Waals surface area contributed by atoms with Crippen molar-refractivity contribution in [2.45, 2.75) is 5.22 Å². The highest BCUT2D eigenvalue weighted by Crippen LogP contribution is 2.30. The Morgan fingerprint density at radius 2 is 2.25 bits per heavy atom. The van der Waals surface area contributed by atoms with E-state index in [1.54, 1.807) is 11.3 Å². The number of halogens is 1. The summed E-state index contributed by atoms with van der Waals surface area (Å²) >= 11 is 8.80. The van der Waals surface area contributed by atoms with Crippen LogP contribution < -0.4 is 0 Å². The number of hydrogen-bond donors (Lipinski definition) is 1. The van der Waals surface area contributed by atoms with Gasteiger partial charge in [0.05, 0.1) is 8.66 Å². The van der Waals surface area contributed by atoms with Gasteiger partial charge in [0, 0.05) is 0 Å². The molecule has 2 heterocycles. The van der Waals surface area contributed by atoms with Gasteiger partial charge in [0.1, 0.15) is 0 Å². The molecule has 0 saturated heterocycles. The molecule has 0 spiro atoms. The van der Waals surface area contributed by atoms with Crippen LogP contribution in [0.4, 0.5) is 0 Å². The molecular formula is C6H3BrN2OS2. The van der Waals surface area contributed by atoms with Gasteiger partial charge >= 0.3 is 0 Å². The van der Waals surface area contributed by atoms with Gasteiger partial charge in [-0.3, -0.25) is 0 Å². The van der Waals surface area contributed by atoms with Crippen LogP contribution in [-0.2, 0) is 0 Å². The summed E-state index contributed by atoms with van der Waals surface area (Å²) in [7, 11) is 0. The van der Waals surface area contributed by atoms with Crippen LogP contribution in [0.5, 0.6) is 0 Å². The predicted octanol–water partition coefficient (Wildman–Crippen LogP) is 2.85. The summed E-state index contributed by atoms with van der Waals surface area (Å²) in [6.07, 6.45) is 0. The van der Waals surface area contributed by atoms with Crippen LogP contribution in [-0.4, -0.2) is 10.2 Å². The van der Waals surface area contributed by atoms with E-state index in [1.165, 1.54) is 0 Å². The SMILES string of the molecule is Sc1nnc(-c2ccc(Br)s2)o1. The van der Waals surface area contributed by atoms with E-state index in [9.17, 15) is 0 Å². The van der Waals surface area contributed by atoms with Crippen molar-refractivity contribution in [3.8, 4) is 10.8 Å². The van der Waals surface area contributed by atoms with E-state index in [1.807, 2.05) is 12.1 Å². The number of thiol groups is 1. The van der Waals surface area contributed by atoms with E-state index >= 15 is 0 Å². The van der Waals surface area contributed by atoms with Crippen LogP contribution in [0.25, 0.3) is 10.8 Å². The molecule has 62 valence electrons. The zero-order valence-electron chi connectivity index (χ0n) is 5.69. The number of thiophene rings is 1. The highest BCUT2D eigenvalue weighted by Gasteiger charge is 2.07. The Bertz CT molecular complexity index is 359. The minimum absolute atomic E-state index is 0.287. The Kier molecular flexibility index (Phi) is 2.20. The molecule has 0 fully saturated rings. The Morgan fingerprint density at radius 1 is 1.42 bits per heavy atom.